The molecule has 7 nitrogen and oxygen atoms in total. The molecule has 3 aromatic carbocycles. The van der Waals surface area contributed by atoms with Gasteiger partial charge >= 0.3 is 12.1 Å². The van der Waals surface area contributed by atoms with Crippen LogP contribution in [0.3, 0.4) is 0 Å². The number of primary amides is 1. The normalized spacial score (nSPS) is 13.0. The minimum atomic E-state index is -1.18. The molecule has 0 saturated heterocycles. The number of hydrogen-bond acceptors (Lipinski definition) is 4. The number of rotatable bonds is 7. The molecule has 1 aliphatic rings. The van der Waals surface area contributed by atoms with Crippen LogP contribution < -0.4 is 11.1 Å². The number of aliphatic carboxylic acids is 1. The Bertz CT molecular complexity index is 1130. The molecule has 4 rings (SSSR count). The second-order valence-corrected chi connectivity index (χ2v) is 7.63. The van der Waals surface area contributed by atoms with E-state index in [0.717, 1.165) is 22.3 Å². The molecule has 0 fully saturated rings. The molecule has 0 radical (unpaired) electrons. The van der Waals surface area contributed by atoms with Gasteiger partial charge in [-0.2, -0.15) is 0 Å². The molecule has 162 valence electrons. The van der Waals surface area contributed by atoms with Crippen molar-refractivity contribution in [2.24, 2.45) is 5.73 Å². The van der Waals surface area contributed by atoms with E-state index in [9.17, 15) is 19.5 Å². The maximum absolute atomic E-state index is 12.4. The van der Waals surface area contributed by atoms with Gasteiger partial charge in [0.05, 0.1) is 0 Å². The van der Waals surface area contributed by atoms with Gasteiger partial charge in [0.25, 0.3) is 0 Å². The topological polar surface area (TPSA) is 119 Å². The van der Waals surface area contributed by atoms with Gasteiger partial charge in [0, 0.05) is 17.9 Å². The van der Waals surface area contributed by atoms with Crippen molar-refractivity contribution in [3.8, 4) is 11.1 Å². The predicted molar refractivity (Wildman–Crippen MR) is 118 cm³/mol. The standard InChI is InChI=1S/C25H22N2O5/c26-23(28)16-11-9-15(10-12-16)13-22(24(29)30)27-25(31)32-14-21-19-7-3-1-5-17(19)18-6-2-4-8-20(18)21/h1-12,21-22H,13-14H2,(H2,26,28)(H,27,31)(H,29,30)/t22-/m0/s1. The lowest BCUT2D eigenvalue weighted by molar-refractivity contribution is -0.139. The van der Waals surface area contributed by atoms with Crippen molar-refractivity contribution in [3.63, 3.8) is 0 Å². The summed E-state index contributed by atoms with van der Waals surface area (Å²) in [4.78, 5) is 35.2. The van der Waals surface area contributed by atoms with Crippen LogP contribution in [0, 0.1) is 0 Å². The number of benzene rings is 3. The van der Waals surface area contributed by atoms with Gasteiger partial charge in [0.1, 0.15) is 12.6 Å². The number of nitrogens with one attached hydrogen (secondary N) is 1. The molecule has 1 aliphatic carbocycles. The number of nitrogens with two attached hydrogens (primary N) is 1. The largest absolute Gasteiger partial charge is 0.480 e. The van der Waals surface area contributed by atoms with E-state index >= 15 is 0 Å². The number of amides is 2. The first-order chi connectivity index (χ1) is 15.4. The number of carboxylic acids is 1. The lowest BCUT2D eigenvalue weighted by Crippen LogP contribution is -2.42. The number of ether oxygens (including phenoxy) is 1. The highest BCUT2D eigenvalue weighted by Gasteiger charge is 2.29. The molecular weight excluding hydrogens is 408 g/mol. The van der Waals surface area contributed by atoms with Gasteiger partial charge in [-0.3, -0.25) is 4.79 Å². The van der Waals surface area contributed by atoms with E-state index in [1.165, 1.54) is 12.1 Å². The van der Waals surface area contributed by atoms with Crippen molar-refractivity contribution in [2.75, 3.05) is 6.61 Å². The van der Waals surface area contributed by atoms with E-state index in [-0.39, 0.29) is 18.9 Å². The number of carbonyl (C=O) groups is 3. The predicted octanol–water partition coefficient (Wildman–Crippen LogP) is 3.32. The Hall–Kier alpha value is -4.13. The molecule has 32 heavy (non-hydrogen) atoms. The second-order valence-electron chi connectivity index (χ2n) is 7.63. The second kappa shape index (κ2) is 8.93. The summed E-state index contributed by atoms with van der Waals surface area (Å²) in [6.07, 6.45) is -0.758. The summed E-state index contributed by atoms with van der Waals surface area (Å²) in [5.74, 6) is -1.86. The number of carbonyl (C=O) groups excluding carboxylic acids is 2. The van der Waals surface area contributed by atoms with Crippen LogP contribution in [0.25, 0.3) is 11.1 Å². The molecule has 3 aromatic rings. The summed E-state index contributed by atoms with van der Waals surface area (Å²) < 4.78 is 5.43. The third kappa shape index (κ3) is 4.32. The summed E-state index contributed by atoms with van der Waals surface area (Å²) >= 11 is 0. The first-order valence-corrected chi connectivity index (χ1v) is 10.2. The molecule has 0 aromatic heterocycles. The lowest BCUT2D eigenvalue weighted by atomic mass is 9.98. The molecule has 1 atom stereocenters. The summed E-state index contributed by atoms with van der Waals surface area (Å²) in [6, 6.07) is 21.0. The van der Waals surface area contributed by atoms with Crippen LogP contribution in [0.1, 0.15) is 33.0 Å². The highest BCUT2D eigenvalue weighted by molar-refractivity contribution is 5.92. The number of hydrogen-bond donors (Lipinski definition) is 3. The van der Waals surface area contributed by atoms with Crippen molar-refractivity contribution in [1.29, 1.82) is 0 Å². The van der Waals surface area contributed by atoms with Gasteiger partial charge in [-0.1, -0.05) is 60.7 Å². The molecule has 0 bridgehead atoms. The summed E-state index contributed by atoms with van der Waals surface area (Å²) in [5.41, 5.74) is 10.6. The molecule has 0 unspecified atom stereocenters. The Kier molecular flexibility index (Phi) is 5.89. The van der Waals surface area contributed by atoms with Gasteiger partial charge in [-0.25, -0.2) is 9.59 Å². The highest BCUT2D eigenvalue weighted by Crippen LogP contribution is 2.44. The Morgan fingerprint density at radius 3 is 2.00 bits per heavy atom. The third-order valence-corrected chi connectivity index (χ3v) is 5.61. The zero-order valence-electron chi connectivity index (χ0n) is 17.2. The monoisotopic (exact) mass is 430 g/mol. The summed E-state index contributed by atoms with van der Waals surface area (Å²) in [7, 11) is 0. The highest BCUT2D eigenvalue weighted by atomic mass is 16.5. The number of alkyl carbamates (subject to hydrolysis) is 1. The zero-order chi connectivity index (χ0) is 22.7. The van der Waals surface area contributed by atoms with E-state index in [1.807, 2.05) is 48.5 Å². The van der Waals surface area contributed by atoms with Crippen molar-refractivity contribution in [3.05, 3.63) is 95.1 Å². The minimum absolute atomic E-state index is 0.0402. The first-order valence-electron chi connectivity index (χ1n) is 10.2. The minimum Gasteiger partial charge on any atom is -0.480 e. The Morgan fingerprint density at radius 2 is 1.47 bits per heavy atom. The smallest absolute Gasteiger partial charge is 0.407 e. The quantitative estimate of drug-likeness (QED) is 0.531. The van der Waals surface area contributed by atoms with Crippen LogP contribution in [0.2, 0.25) is 0 Å². The zero-order valence-corrected chi connectivity index (χ0v) is 17.2. The molecule has 7 heteroatoms. The van der Waals surface area contributed by atoms with Gasteiger partial charge in [0.2, 0.25) is 5.91 Å². The molecule has 0 aliphatic heterocycles. The van der Waals surface area contributed by atoms with Crippen molar-refractivity contribution in [1.82, 2.24) is 5.32 Å². The molecule has 2 amide bonds. The average molecular weight is 430 g/mol. The molecule has 4 N–H and O–H groups in total. The summed E-state index contributed by atoms with van der Waals surface area (Å²) in [5, 5.41) is 11.9. The van der Waals surface area contributed by atoms with Crippen LogP contribution in [0.4, 0.5) is 4.79 Å². The SMILES string of the molecule is NC(=O)c1ccc(C[C@H](NC(=O)OCC2c3ccccc3-c3ccccc32)C(=O)O)cc1. The van der Waals surface area contributed by atoms with Crippen LogP contribution in [-0.2, 0) is 16.0 Å². The lowest BCUT2D eigenvalue weighted by Gasteiger charge is -2.17. The molecule has 0 heterocycles. The van der Waals surface area contributed by atoms with Gasteiger partial charge in [-0.05, 0) is 39.9 Å². The fourth-order valence-electron chi connectivity index (χ4n) is 4.02. The van der Waals surface area contributed by atoms with E-state index in [4.69, 9.17) is 10.5 Å². The fraction of sp³-hybridized carbons (Fsp3) is 0.160. The maximum Gasteiger partial charge on any atom is 0.407 e. The Balaban J connectivity index is 1.41. The van der Waals surface area contributed by atoms with Gasteiger partial charge < -0.3 is 20.9 Å². The van der Waals surface area contributed by atoms with Crippen LogP contribution in [0.15, 0.2) is 72.8 Å². The van der Waals surface area contributed by atoms with Crippen LogP contribution >= 0.6 is 0 Å². The third-order valence-electron chi connectivity index (χ3n) is 5.61. The van der Waals surface area contributed by atoms with E-state index in [2.05, 4.69) is 5.32 Å². The van der Waals surface area contributed by atoms with Gasteiger partial charge in [-0.15, -0.1) is 0 Å². The van der Waals surface area contributed by atoms with E-state index in [0.29, 0.717) is 11.1 Å². The van der Waals surface area contributed by atoms with Gasteiger partial charge in [0.15, 0.2) is 0 Å². The average Bonchev–Trinajstić information content (AvgIpc) is 3.11. The van der Waals surface area contributed by atoms with Crippen LogP contribution in [-0.4, -0.2) is 35.7 Å². The molecule has 0 spiro atoms. The van der Waals surface area contributed by atoms with Crippen molar-refractivity contribution < 1.29 is 24.2 Å². The maximum atomic E-state index is 12.4. The number of fused-ring (bicyclic) bond motifs is 3. The fourth-order valence-corrected chi connectivity index (χ4v) is 4.02. The Labute approximate surface area is 184 Å². The Morgan fingerprint density at radius 1 is 0.906 bits per heavy atom. The summed E-state index contributed by atoms with van der Waals surface area (Å²) in [6.45, 7) is 0.0967. The first kappa shape index (κ1) is 21.1. The molecule has 0 saturated carbocycles. The molecular formula is C25H22N2O5. The van der Waals surface area contributed by atoms with Crippen molar-refractivity contribution in [2.45, 2.75) is 18.4 Å². The van der Waals surface area contributed by atoms with E-state index in [1.54, 1.807) is 12.1 Å². The number of carboxylic acid groups (broad SMARTS) is 1. The van der Waals surface area contributed by atoms with Crippen LogP contribution in [0.5, 0.6) is 0 Å². The van der Waals surface area contributed by atoms with E-state index < -0.39 is 24.0 Å². The van der Waals surface area contributed by atoms with Crippen molar-refractivity contribution >= 4 is 18.0 Å².